The van der Waals surface area contributed by atoms with Gasteiger partial charge in [0.25, 0.3) is 0 Å². The van der Waals surface area contributed by atoms with Gasteiger partial charge in [-0.2, -0.15) is 5.10 Å². The molecule has 2 aromatic carbocycles. The number of nitrogens with zero attached hydrogens (tertiary/aromatic N) is 3. The van der Waals surface area contributed by atoms with Crippen molar-refractivity contribution in [3.05, 3.63) is 77.0 Å². The molecule has 2 heterocycles. The number of fused-ring (bicyclic) bond motifs is 1. The van der Waals surface area contributed by atoms with E-state index in [4.69, 9.17) is 5.10 Å². The van der Waals surface area contributed by atoms with Crippen LogP contribution in [0.1, 0.15) is 48.7 Å². The summed E-state index contributed by atoms with van der Waals surface area (Å²) in [6.07, 6.45) is 0.833. The molecule has 0 saturated carbocycles. The Morgan fingerprint density at radius 2 is 1.82 bits per heavy atom. The topological polar surface area (TPSA) is 67.2 Å². The molecule has 34 heavy (non-hydrogen) atoms. The summed E-state index contributed by atoms with van der Waals surface area (Å²) in [4.78, 5) is 28.7. The number of carbonyl (C=O) groups excluding carboxylic acids is 2. The minimum absolute atomic E-state index is 0.0173. The van der Waals surface area contributed by atoms with Gasteiger partial charge in [-0.3, -0.25) is 9.59 Å². The first-order valence-electron chi connectivity index (χ1n) is 11.8. The SMILES string of the molecule is Cc1ccc(CNC(=O)C2c3c(C)nn(-c4ccccc4)c3SCC(=O)N2CCC(C)C)cc1. The van der Waals surface area contributed by atoms with Gasteiger partial charge in [-0.15, -0.1) is 0 Å². The van der Waals surface area contributed by atoms with E-state index in [9.17, 15) is 9.59 Å². The van der Waals surface area contributed by atoms with Crippen LogP contribution in [0.25, 0.3) is 5.69 Å². The maximum atomic E-state index is 13.7. The molecule has 2 amide bonds. The Hall–Kier alpha value is -3.06. The highest BCUT2D eigenvalue weighted by atomic mass is 32.2. The average molecular weight is 477 g/mol. The number of benzene rings is 2. The van der Waals surface area contributed by atoms with Gasteiger partial charge in [-0.1, -0.05) is 73.6 Å². The van der Waals surface area contributed by atoms with Crippen LogP contribution < -0.4 is 5.32 Å². The van der Waals surface area contributed by atoms with Crippen molar-refractivity contribution in [1.82, 2.24) is 20.0 Å². The number of thioether (sulfide) groups is 1. The molecule has 1 atom stereocenters. The lowest BCUT2D eigenvalue weighted by Crippen LogP contribution is -2.44. The lowest BCUT2D eigenvalue weighted by Gasteiger charge is -2.30. The fraction of sp³-hybridized carbons (Fsp3) is 0.370. The molecular formula is C27H32N4O2S. The summed E-state index contributed by atoms with van der Waals surface area (Å²) in [5.74, 6) is 0.520. The van der Waals surface area contributed by atoms with Crippen LogP contribution in [0.5, 0.6) is 0 Å². The van der Waals surface area contributed by atoms with E-state index in [0.29, 0.717) is 19.0 Å². The second kappa shape index (κ2) is 10.5. The first-order chi connectivity index (χ1) is 16.3. The summed E-state index contributed by atoms with van der Waals surface area (Å²) in [7, 11) is 0. The number of amides is 2. The van der Waals surface area contributed by atoms with Gasteiger partial charge in [0, 0.05) is 18.7 Å². The van der Waals surface area contributed by atoms with Crippen molar-refractivity contribution in [3.8, 4) is 5.69 Å². The van der Waals surface area contributed by atoms with E-state index >= 15 is 0 Å². The highest BCUT2D eigenvalue weighted by Crippen LogP contribution is 2.39. The largest absolute Gasteiger partial charge is 0.350 e. The van der Waals surface area contributed by atoms with Gasteiger partial charge in [-0.05, 0) is 43.9 Å². The molecule has 178 valence electrons. The Kier molecular flexibility index (Phi) is 7.41. The summed E-state index contributed by atoms with van der Waals surface area (Å²) in [6, 6.07) is 17.3. The molecule has 1 aliphatic rings. The minimum Gasteiger partial charge on any atom is -0.350 e. The van der Waals surface area contributed by atoms with Gasteiger partial charge >= 0.3 is 0 Å². The molecule has 0 spiro atoms. The monoisotopic (exact) mass is 476 g/mol. The minimum atomic E-state index is -0.709. The number of nitrogens with one attached hydrogen (secondary N) is 1. The van der Waals surface area contributed by atoms with Crippen molar-refractivity contribution in [3.63, 3.8) is 0 Å². The molecule has 7 heteroatoms. The second-order valence-corrected chi connectivity index (χ2v) is 10.2. The molecule has 0 bridgehead atoms. The number of aromatic nitrogens is 2. The molecule has 6 nitrogen and oxygen atoms in total. The van der Waals surface area contributed by atoms with Crippen molar-refractivity contribution >= 4 is 23.6 Å². The van der Waals surface area contributed by atoms with E-state index in [1.54, 1.807) is 4.90 Å². The van der Waals surface area contributed by atoms with E-state index in [1.165, 1.54) is 17.3 Å². The lowest BCUT2D eigenvalue weighted by molar-refractivity contribution is -0.139. The molecule has 1 aliphatic heterocycles. The van der Waals surface area contributed by atoms with Crippen LogP contribution in [0, 0.1) is 19.8 Å². The third kappa shape index (κ3) is 5.20. The molecule has 3 aromatic rings. The molecule has 0 aliphatic carbocycles. The van der Waals surface area contributed by atoms with E-state index < -0.39 is 6.04 Å². The normalized spacial score (nSPS) is 15.9. The molecule has 4 rings (SSSR count). The second-order valence-electron chi connectivity index (χ2n) is 9.22. The third-order valence-corrected chi connectivity index (χ3v) is 7.14. The van der Waals surface area contributed by atoms with Gasteiger partial charge in [-0.25, -0.2) is 4.68 Å². The van der Waals surface area contributed by atoms with Crippen LogP contribution in [0.3, 0.4) is 0 Å². The Labute approximate surface area is 205 Å². The summed E-state index contributed by atoms with van der Waals surface area (Å²) in [6.45, 7) is 9.18. The highest BCUT2D eigenvalue weighted by Gasteiger charge is 2.39. The lowest BCUT2D eigenvalue weighted by atomic mass is 10.0. The molecule has 0 fully saturated rings. The summed E-state index contributed by atoms with van der Waals surface area (Å²) in [5.41, 5.74) is 4.71. The molecular weight excluding hydrogens is 444 g/mol. The Morgan fingerprint density at radius 1 is 1.12 bits per heavy atom. The van der Waals surface area contributed by atoms with E-state index in [0.717, 1.165) is 34.0 Å². The van der Waals surface area contributed by atoms with Gasteiger partial charge in [0.1, 0.15) is 11.1 Å². The van der Waals surface area contributed by atoms with E-state index in [-0.39, 0.29) is 17.6 Å². The maximum absolute atomic E-state index is 13.7. The fourth-order valence-corrected chi connectivity index (χ4v) is 5.25. The number of rotatable bonds is 7. The van der Waals surface area contributed by atoms with Crippen LogP contribution >= 0.6 is 11.8 Å². The van der Waals surface area contributed by atoms with Crippen LogP contribution in [-0.2, 0) is 16.1 Å². The summed E-state index contributed by atoms with van der Waals surface area (Å²) >= 11 is 1.46. The van der Waals surface area contributed by atoms with Crippen LogP contribution in [0.15, 0.2) is 59.6 Å². The predicted octanol–water partition coefficient (Wildman–Crippen LogP) is 4.83. The molecule has 0 radical (unpaired) electrons. The van der Waals surface area contributed by atoms with Crippen LogP contribution in [-0.4, -0.2) is 38.8 Å². The number of carbonyl (C=O) groups is 2. The van der Waals surface area contributed by atoms with Crippen molar-refractivity contribution in [2.24, 2.45) is 5.92 Å². The Morgan fingerprint density at radius 3 is 2.50 bits per heavy atom. The van der Waals surface area contributed by atoms with Gasteiger partial charge in [0.2, 0.25) is 11.8 Å². The van der Waals surface area contributed by atoms with Crippen molar-refractivity contribution in [1.29, 1.82) is 0 Å². The first kappa shape index (κ1) is 24.1. The number of hydrogen-bond donors (Lipinski definition) is 1. The molecule has 1 aromatic heterocycles. The Bertz CT molecular complexity index is 1160. The Balaban J connectivity index is 1.72. The van der Waals surface area contributed by atoms with Crippen LogP contribution in [0.4, 0.5) is 0 Å². The van der Waals surface area contributed by atoms with Crippen molar-refractivity contribution in [2.75, 3.05) is 12.3 Å². The first-order valence-corrected chi connectivity index (χ1v) is 12.7. The molecule has 0 saturated heterocycles. The fourth-order valence-electron chi connectivity index (χ4n) is 4.14. The summed E-state index contributed by atoms with van der Waals surface area (Å²) in [5, 5.41) is 8.75. The maximum Gasteiger partial charge on any atom is 0.247 e. The highest BCUT2D eigenvalue weighted by molar-refractivity contribution is 8.00. The molecule has 1 unspecified atom stereocenters. The zero-order chi connectivity index (χ0) is 24.2. The van der Waals surface area contributed by atoms with E-state index in [2.05, 4.69) is 19.2 Å². The number of para-hydroxylation sites is 1. The standard InChI is InChI=1S/C27H32N4O2S/c1-18(2)14-15-30-23(32)17-34-27-24(20(4)29-31(27)22-8-6-5-7-9-22)25(30)26(33)28-16-21-12-10-19(3)11-13-21/h5-13,18,25H,14-17H2,1-4H3,(H,28,33). The number of aryl methyl sites for hydroxylation is 2. The third-order valence-electron chi connectivity index (χ3n) is 6.08. The van der Waals surface area contributed by atoms with Crippen LogP contribution in [0.2, 0.25) is 0 Å². The zero-order valence-electron chi connectivity index (χ0n) is 20.2. The summed E-state index contributed by atoms with van der Waals surface area (Å²) < 4.78 is 1.87. The molecule has 1 N–H and O–H groups in total. The zero-order valence-corrected chi connectivity index (χ0v) is 21.1. The van der Waals surface area contributed by atoms with E-state index in [1.807, 2.05) is 73.1 Å². The smallest absolute Gasteiger partial charge is 0.247 e. The number of hydrogen-bond acceptors (Lipinski definition) is 4. The van der Waals surface area contributed by atoms with Crippen molar-refractivity contribution in [2.45, 2.75) is 51.7 Å². The van der Waals surface area contributed by atoms with Gasteiger partial charge in [0.05, 0.1) is 17.1 Å². The predicted molar refractivity (Wildman–Crippen MR) is 136 cm³/mol. The average Bonchev–Trinajstić information content (AvgIpc) is 3.07. The van der Waals surface area contributed by atoms with Gasteiger partial charge < -0.3 is 10.2 Å². The van der Waals surface area contributed by atoms with Crippen molar-refractivity contribution < 1.29 is 9.59 Å². The quantitative estimate of drug-likeness (QED) is 0.531. The van der Waals surface area contributed by atoms with Gasteiger partial charge in [0.15, 0.2) is 0 Å².